The second-order valence-electron chi connectivity index (χ2n) is 2.87. The predicted molar refractivity (Wildman–Crippen MR) is 44.6 cm³/mol. The van der Waals surface area contributed by atoms with Crippen LogP contribution in [-0.2, 0) is 0 Å². The lowest BCUT2D eigenvalue weighted by Gasteiger charge is -2.05. The molecule has 0 saturated heterocycles. The summed E-state index contributed by atoms with van der Waals surface area (Å²) in [6.45, 7) is 3.62. The van der Waals surface area contributed by atoms with E-state index < -0.39 is 0 Å². The summed E-state index contributed by atoms with van der Waals surface area (Å²) in [6, 6.07) is 5.27. The molecule has 0 spiro atoms. The number of nitriles is 1. The number of hydrogen-bond donors (Lipinski definition) is 0. The van der Waals surface area contributed by atoms with Crippen molar-refractivity contribution in [3.63, 3.8) is 0 Å². The topological polar surface area (TPSA) is 45.8 Å². The molecule has 0 atom stereocenters. The Hall–Kier alpha value is -1.56. The molecule has 0 aliphatic heterocycles. The van der Waals surface area contributed by atoms with Crippen LogP contribution in [0, 0.1) is 17.2 Å². The molecule has 1 rings (SSSR count). The zero-order valence-corrected chi connectivity index (χ0v) is 7.11. The van der Waals surface area contributed by atoms with Crippen molar-refractivity contribution in [2.45, 2.75) is 13.8 Å². The molecule has 3 nitrogen and oxygen atoms in total. The van der Waals surface area contributed by atoms with Crippen molar-refractivity contribution in [2.24, 2.45) is 5.92 Å². The third-order valence-corrected chi connectivity index (χ3v) is 1.59. The minimum Gasteiger partial charge on any atom is -0.278 e. The first kappa shape index (κ1) is 8.54. The summed E-state index contributed by atoms with van der Waals surface area (Å²) in [7, 11) is 0. The van der Waals surface area contributed by atoms with Gasteiger partial charge in [-0.15, -0.1) is 0 Å². The molecule has 62 valence electrons. The molecule has 0 N–H and O–H groups in total. The van der Waals surface area contributed by atoms with E-state index in [1.54, 1.807) is 18.3 Å². The highest BCUT2D eigenvalue weighted by molar-refractivity contribution is 5.82. The van der Waals surface area contributed by atoms with E-state index in [0.29, 0.717) is 5.69 Å². The highest BCUT2D eigenvalue weighted by Gasteiger charge is 2.11. The first-order valence-corrected chi connectivity index (χ1v) is 3.78. The van der Waals surface area contributed by atoms with Gasteiger partial charge in [0.05, 0.1) is 0 Å². The maximum absolute atomic E-state index is 11.4. The number of nitrogens with zero attached hydrogens (tertiary/aromatic N) is 2. The van der Waals surface area contributed by atoms with E-state index in [4.69, 9.17) is 5.26 Å². The molecule has 1 aromatic heterocycles. The van der Waals surface area contributed by atoms with E-state index in [9.17, 15) is 4.79 Å². The number of carbonyl (C=O) groups is 1. The van der Waals surface area contributed by atoms with E-state index in [1.165, 1.54) is 4.57 Å². The molecule has 1 aromatic rings. The van der Waals surface area contributed by atoms with E-state index in [0.717, 1.165) is 0 Å². The number of carbonyl (C=O) groups excluding carboxylic acids is 1. The third-order valence-electron chi connectivity index (χ3n) is 1.59. The quantitative estimate of drug-likeness (QED) is 0.630. The Morgan fingerprint density at radius 2 is 2.33 bits per heavy atom. The van der Waals surface area contributed by atoms with Crippen LogP contribution in [0.4, 0.5) is 0 Å². The fraction of sp³-hybridized carbons (Fsp3) is 0.333. The van der Waals surface area contributed by atoms with Crippen LogP contribution >= 0.6 is 0 Å². The van der Waals surface area contributed by atoms with Gasteiger partial charge < -0.3 is 0 Å². The Labute approximate surface area is 71.2 Å². The standard InChI is InChI=1S/C9H10N2O/c1-7(2)9(12)11-5-3-4-8(11)6-10/h3-5,7H,1-2H3. The molecule has 3 heteroatoms. The Balaban J connectivity index is 3.04. The van der Waals surface area contributed by atoms with E-state index >= 15 is 0 Å². The van der Waals surface area contributed by atoms with Crippen LogP contribution in [0.2, 0.25) is 0 Å². The molecule has 1 heterocycles. The molecule has 12 heavy (non-hydrogen) atoms. The summed E-state index contributed by atoms with van der Waals surface area (Å²) in [5.74, 6) is -0.124. The van der Waals surface area contributed by atoms with Crippen molar-refractivity contribution in [3.05, 3.63) is 24.0 Å². The smallest absolute Gasteiger partial charge is 0.234 e. The van der Waals surface area contributed by atoms with Crippen molar-refractivity contribution < 1.29 is 4.79 Å². The van der Waals surface area contributed by atoms with Gasteiger partial charge in [-0.2, -0.15) is 5.26 Å². The maximum Gasteiger partial charge on any atom is 0.234 e. The van der Waals surface area contributed by atoms with E-state index in [1.807, 2.05) is 19.9 Å². The Morgan fingerprint density at radius 1 is 1.67 bits per heavy atom. The summed E-state index contributed by atoms with van der Waals surface area (Å²) in [5, 5.41) is 8.61. The number of hydrogen-bond acceptors (Lipinski definition) is 2. The first-order chi connectivity index (χ1) is 5.66. The van der Waals surface area contributed by atoms with Gasteiger partial charge in [0.2, 0.25) is 5.91 Å². The lowest BCUT2D eigenvalue weighted by molar-refractivity contribution is 0.0854. The molecule has 0 saturated carbocycles. The Kier molecular flexibility index (Phi) is 2.29. The van der Waals surface area contributed by atoms with Gasteiger partial charge in [0.1, 0.15) is 11.8 Å². The fourth-order valence-electron chi connectivity index (χ4n) is 0.942. The zero-order valence-electron chi connectivity index (χ0n) is 7.11. The monoisotopic (exact) mass is 162 g/mol. The predicted octanol–water partition coefficient (Wildman–Crippen LogP) is 1.66. The van der Waals surface area contributed by atoms with E-state index in [-0.39, 0.29) is 11.8 Å². The van der Waals surface area contributed by atoms with Gasteiger partial charge in [-0.1, -0.05) is 13.8 Å². The molecule has 0 aliphatic carbocycles. The highest BCUT2D eigenvalue weighted by atomic mass is 16.2. The summed E-state index contributed by atoms with van der Waals surface area (Å²) in [5.41, 5.74) is 0.397. The van der Waals surface area contributed by atoms with Gasteiger partial charge in [0, 0.05) is 12.1 Å². The Bertz CT molecular complexity index is 331. The molecular weight excluding hydrogens is 152 g/mol. The molecular formula is C9H10N2O. The maximum atomic E-state index is 11.4. The summed E-state index contributed by atoms with van der Waals surface area (Å²) < 4.78 is 1.38. The van der Waals surface area contributed by atoms with Crippen molar-refractivity contribution in [2.75, 3.05) is 0 Å². The Morgan fingerprint density at radius 3 is 2.83 bits per heavy atom. The van der Waals surface area contributed by atoms with Gasteiger partial charge in [-0.05, 0) is 12.1 Å². The second kappa shape index (κ2) is 3.22. The first-order valence-electron chi connectivity index (χ1n) is 3.78. The van der Waals surface area contributed by atoms with Crippen molar-refractivity contribution in [1.82, 2.24) is 4.57 Å². The molecule has 0 unspecified atom stereocenters. The minimum absolute atomic E-state index is 0.0449. The fourth-order valence-corrected chi connectivity index (χ4v) is 0.942. The summed E-state index contributed by atoms with van der Waals surface area (Å²) in [4.78, 5) is 11.4. The van der Waals surface area contributed by atoms with Crippen LogP contribution in [0.15, 0.2) is 18.3 Å². The lowest BCUT2D eigenvalue weighted by Crippen LogP contribution is -2.17. The summed E-state index contributed by atoms with van der Waals surface area (Å²) >= 11 is 0. The average molecular weight is 162 g/mol. The van der Waals surface area contributed by atoms with Crippen LogP contribution in [0.1, 0.15) is 24.3 Å². The summed E-state index contributed by atoms with van der Waals surface area (Å²) in [6.07, 6.45) is 1.61. The normalized spacial score (nSPS) is 9.83. The van der Waals surface area contributed by atoms with Gasteiger partial charge >= 0.3 is 0 Å². The molecule has 0 fully saturated rings. The van der Waals surface area contributed by atoms with Gasteiger partial charge in [0.15, 0.2) is 0 Å². The molecule has 0 aliphatic rings. The molecule has 0 radical (unpaired) electrons. The average Bonchev–Trinajstić information content (AvgIpc) is 2.49. The molecule has 0 aromatic carbocycles. The number of aromatic nitrogens is 1. The third kappa shape index (κ3) is 1.37. The van der Waals surface area contributed by atoms with Crippen molar-refractivity contribution >= 4 is 5.91 Å². The largest absolute Gasteiger partial charge is 0.278 e. The van der Waals surface area contributed by atoms with Gasteiger partial charge in [-0.25, -0.2) is 0 Å². The number of rotatable bonds is 1. The van der Waals surface area contributed by atoms with Crippen LogP contribution in [0.3, 0.4) is 0 Å². The van der Waals surface area contributed by atoms with Crippen molar-refractivity contribution in [1.29, 1.82) is 5.26 Å². The highest BCUT2D eigenvalue weighted by Crippen LogP contribution is 2.05. The van der Waals surface area contributed by atoms with Gasteiger partial charge in [-0.3, -0.25) is 9.36 Å². The van der Waals surface area contributed by atoms with Crippen LogP contribution in [-0.4, -0.2) is 10.5 Å². The SMILES string of the molecule is CC(C)C(=O)n1cccc1C#N. The minimum atomic E-state index is -0.0792. The van der Waals surface area contributed by atoms with E-state index in [2.05, 4.69) is 0 Å². The lowest BCUT2D eigenvalue weighted by atomic mass is 10.2. The van der Waals surface area contributed by atoms with Crippen LogP contribution in [0.25, 0.3) is 0 Å². The van der Waals surface area contributed by atoms with Crippen LogP contribution in [0.5, 0.6) is 0 Å². The molecule has 0 amide bonds. The van der Waals surface area contributed by atoms with Gasteiger partial charge in [0.25, 0.3) is 0 Å². The second-order valence-corrected chi connectivity index (χ2v) is 2.87. The van der Waals surface area contributed by atoms with Crippen molar-refractivity contribution in [3.8, 4) is 6.07 Å². The van der Waals surface area contributed by atoms with Crippen LogP contribution < -0.4 is 0 Å². The molecule has 0 bridgehead atoms. The zero-order chi connectivity index (χ0) is 9.14.